The summed E-state index contributed by atoms with van der Waals surface area (Å²) in [5, 5.41) is 4.43. The van der Waals surface area contributed by atoms with Gasteiger partial charge < -0.3 is 5.32 Å². The van der Waals surface area contributed by atoms with Crippen molar-refractivity contribution in [3.63, 3.8) is 0 Å². The molecule has 0 spiro atoms. The first-order valence-corrected chi connectivity index (χ1v) is 7.43. The largest absolute Gasteiger partial charge is 0.345 e. The zero-order valence-electron chi connectivity index (χ0n) is 9.91. The van der Waals surface area contributed by atoms with Gasteiger partial charge in [0.25, 0.3) is 5.91 Å². The molecular weight excluding hydrogens is 383 g/mol. The molecule has 1 unspecified atom stereocenters. The maximum atomic E-state index is 13.6. The summed E-state index contributed by atoms with van der Waals surface area (Å²) >= 11 is 3.59. The van der Waals surface area contributed by atoms with Gasteiger partial charge in [0.15, 0.2) is 0 Å². The monoisotopic (exact) mass is 393 g/mol. The van der Waals surface area contributed by atoms with Crippen LogP contribution in [-0.4, -0.2) is 5.91 Å². The third-order valence-corrected chi connectivity index (χ3v) is 4.40. The Labute approximate surface area is 127 Å². The van der Waals surface area contributed by atoms with Crippen LogP contribution in [-0.2, 0) is 0 Å². The van der Waals surface area contributed by atoms with Crippen LogP contribution in [0, 0.1) is 14.5 Å². The van der Waals surface area contributed by atoms with Crippen LogP contribution in [0.3, 0.4) is 0 Å². The fraction of sp³-hybridized carbons (Fsp3) is 0.154. The Morgan fingerprint density at radius 1 is 1.37 bits per heavy atom. The maximum Gasteiger partial charge on any atom is 0.252 e. The van der Waals surface area contributed by atoms with E-state index in [2.05, 4.69) is 27.9 Å². The van der Waals surface area contributed by atoms with Gasteiger partial charge in [-0.05, 0) is 41.6 Å². The van der Waals surface area contributed by atoms with E-state index >= 15 is 0 Å². The Morgan fingerprint density at radius 3 is 2.68 bits per heavy atom. The fourth-order valence-electron chi connectivity index (χ4n) is 1.64. The SMILES string of the molecule is CC(NC(=O)c1csc(I)c1)c1ccc(F)cc1F. The Bertz CT molecular complexity index is 614. The van der Waals surface area contributed by atoms with Gasteiger partial charge in [0.1, 0.15) is 11.6 Å². The van der Waals surface area contributed by atoms with Gasteiger partial charge in [-0.1, -0.05) is 6.07 Å². The van der Waals surface area contributed by atoms with Crippen molar-refractivity contribution in [1.29, 1.82) is 0 Å². The third-order valence-electron chi connectivity index (χ3n) is 2.61. The first-order chi connectivity index (χ1) is 8.97. The predicted octanol–water partition coefficient (Wildman–Crippen LogP) is 4.12. The van der Waals surface area contributed by atoms with Crippen molar-refractivity contribution in [3.05, 3.63) is 55.3 Å². The van der Waals surface area contributed by atoms with E-state index in [0.29, 0.717) is 5.56 Å². The summed E-state index contributed by atoms with van der Waals surface area (Å²) in [6.45, 7) is 1.66. The number of rotatable bonds is 3. The molecule has 0 saturated carbocycles. The van der Waals surface area contributed by atoms with E-state index in [-0.39, 0.29) is 11.5 Å². The molecule has 2 rings (SSSR count). The summed E-state index contributed by atoms with van der Waals surface area (Å²) in [5.74, 6) is -1.56. The van der Waals surface area contributed by atoms with Gasteiger partial charge in [0, 0.05) is 17.0 Å². The Kier molecular flexibility index (Phi) is 4.51. The average molecular weight is 393 g/mol. The second kappa shape index (κ2) is 5.96. The van der Waals surface area contributed by atoms with Crippen molar-refractivity contribution in [3.8, 4) is 0 Å². The Morgan fingerprint density at radius 2 is 2.11 bits per heavy atom. The molecule has 1 amide bonds. The van der Waals surface area contributed by atoms with Crippen molar-refractivity contribution < 1.29 is 13.6 Å². The maximum absolute atomic E-state index is 13.6. The van der Waals surface area contributed by atoms with Crippen LogP contribution in [0.1, 0.15) is 28.9 Å². The highest BCUT2D eigenvalue weighted by Gasteiger charge is 2.16. The highest BCUT2D eigenvalue weighted by molar-refractivity contribution is 14.1. The van der Waals surface area contributed by atoms with Crippen LogP contribution in [0.15, 0.2) is 29.6 Å². The van der Waals surface area contributed by atoms with Crippen molar-refractivity contribution in [1.82, 2.24) is 5.32 Å². The van der Waals surface area contributed by atoms with Gasteiger partial charge in [-0.2, -0.15) is 0 Å². The lowest BCUT2D eigenvalue weighted by molar-refractivity contribution is 0.0940. The van der Waals surface area contributed by atoms with Crippen LogP contribution in [0.2, 0.25) is 0 Å². The number of carbonyl (C=O) groups excluding carboxylic acids is 1. The minimum absolute atomic E-state index is 0.264. The first-order valence-electron chi connectivity index (χ1n) is 5.47. The first kappa shape index (κ1) is 14.4. The Hall–Kier alpha value is -1.02. The number of benzene rings is 1. The van der Waals surface area contributed by atoms with E-state index in [1.54, 1.807) is 18.4 Å². The summed E-state index contributed by atoms with van der Waals surface area (Å²) < 4.78 is 27.4. The molecule has 0 radical (unpaired) electrons. The number of amides is 1. The van der Waals surface area contributed by atoms with Crippen molar-refractivity contribution in [2.45, 2.75) is 13.0 Å². The van der Waals surface area contributed by atoms with E-state index in [9.17, 15) is 13.6 Å². The predicted molar refractivity (Wildman–Crippen MR) is 79.3 cm³/mol. The van der Waals surface area contributed by atoms with E-state index in [1.807, 2.05) is 0 Å². The van der Waals surface area contributed by atoms with Gasteiger partial charge >= 0.3 is 0 Å². The quantitative estimate of drug-likeness (QED) is 0.782. The molecule has 100 valence electrons. The molecule has 0 aliphatic carbocycles. The van der Waals surface area contributed by atoms with Crippen molar-refractivity contribution >= 4 is 39.8 Å². The molecule has 0 aliphatic heterocycles. The summed E-state index contributed by atoms with van der Waals surface area (Å²) in [5.41, 5.74) is 0.809. The molecule has 0 aliphatic rings. The lowest BCUT2D eigenvalue weighted by Crippen LogP contribution is -2.26. The molecule has 19 heavy (non-hydrogen) atoms. The summed E-state index contributed by atoms with van der Waals surface area (Å²) in [6, 6.07) is 4.56. The second-order valence-electron chi connectivity index (χ2n) is 4.00. The molecule has 6 heteroatoms. The molecule has 0 fully saturated rings. The van der Waals surface area contributed by atoms with Gasteiger partial charge in [-0.3, -0.25) is 4.79 Å². The van der Waals surface area contributed by atoms with Crippen LogP contribution in [0.5, 0.6) is 0 Å². The van der Waals surface area contributed by atoms with E-state index in [0.717, 1.165) is 8.95 Å². The smallest absolute Gasteiger partial charge is 0.252 e. The fourth-order valence-corrected chi connectivity index (χ4v) is 2.97. The van der Waals surface area contributed by atoms with E-state index in [4.69, 9.17) is 0 Å². The van der Waals surface area contributed by atoms with Gasteiger partial charge in [-0.25, -0.2) is 8.78 Å². The summed E-state index contributed by atoms with van der Waals surface area (Å²) in [4.78, 5) is 11.9. The zero-order chi connectivity index (χ0) is 14.0. The highest BCUT2D eigenvalue weighted by Crippen LogP contribution is 2.20. The van der Waals surface area contributed by atoms with Gasteiger partial charge in [-0.15, -0.1) is 11.3 Å². The lowest BCUT2D eigenvalue weighted by Gasteiger charge is -2.14. The number of carbonyl (C=O) groups is 1. The molecule has 2 aromatic rings. The molecule has 1 heterocycles. The zero-order valence-corrected chi connectivity index (χ0v) is 12.9. The summed E-state index contributed by atoms with van der Waals surface area (Å²) in [7, 11) is 0. The number of thiophene rings is 1. The lowest BCUT2D eigenvalue weighted by atomic mass is 10.1. The molecule has 1 aromatic carbocycles. The number of halogens is 3. The van der Waals surface area contributed by atoms with E-state index in [1.165, 1.54) is 23.5 Å². The average Bonchev–Trinajstić information content (AvgIpc) is 2.75. The summed E-state index contributed by atoms with van der Waals surface area (Å²) in [6.07, 6.45) is 0. The molecule has 2 nitrogen and oxygen atoms in total. The van der Waals surface area contributed by atoms with Crippen molar-refractivity contribution in [2.24, 2.45) is 0 Å². The van der Waals surface area contributed by atoms with E-state index < -0.39 is 17.7 Å². The number of hydrogen-bond acceptors (Lipinski definition) is 2. The number of nitrogens with one attached hydrogen (secondary N) is 1. The molecule has 1 N–H and O–H groups in total. The van der Waals surface area contributed by atoms with Crippen LogP contribution in [0.25, 0.3) is 0 Å². The molecule has 1 atom stereocenters. The van der Waals surface area contributed by atoms with Gasteiger partial charge in [0.05, 0.1) is 14.5 Å². The van der Waals surface area contributed by atoms with Crippen LogP contribution in [0.4, 0.5) is 8.78 Å². The van der Waals surface area contributed by atoms with Crippen molar-refractivity contribution in [2.75, 3.05) is 0 Å². The topological polar surface area (TPSA) is 29.1 Å². The second-order valence-corrected chi connectivity index (χ2v) is 6.81. The molecule has 0 saturated heterocycles. The third kappa shape index (κ3) is 3.50. The molecule has 0 bridgehead atoms. The van der Waals surface area contributed by atoms with Gasteiger partial charge in [0.2, 0.25) is 0 Å². The molecule has 1 aromatic heterocycles. The number of hydrogen-bond donors (Lipinski definition) is 1. The normalized spacial score (nSPS) is 12.2. The minimum Gasteiger partial charge on any atom is -0.345 e. The Balaban J connectivity index is 2.12. The highest BCUT2D eigenvalue weighted by atomic mass is 127. The van der Waals surface area contributed by atoms with Crippen LogP contribution < -0.4 is 5.32 Å². The molecular formula is C13H10F2INOS. The minimum atomic E-state index is -0.660. The van der Waals surface area contributed by atoms with Crippen LogP contribution >= 0.6 is 33.9 Å². The standard InChI is InChI=1S/C13H10F2INOS/c1-7(10-3-2-9(14)5-11(10)15)17-13(18)8-4-12(16)19-6-8/h2-7H,1H3,(H,17,18).